The lowest BCUT2D eigenvalue weighted by Crippen LogP contribution is -2.14. The van der Waals surface area contributed by atoms with Crippen LogP contribution in [0, 0.1) is 17.0 Å². The molecule has 0 heterocycles. The van der Waals surface area contributed by atoms with Gasteiger partial charge in [-0.2, -0.15) is 0 Å². The number of nitro benzene ring substituents is 1. The number of anilines is 1. The Morgan fingerprint density at radius 2 is 2.06 bits per heavy atom. The highest BCUT2D eigenvalue weighted by Gasteiger charge is 2.15. The summed E-state index contributed by atoms with van der Waals surface area (Å²) in [4.78, 5) is 12.8. The zero-order valence-electron chi connectivity index (χ0n) is 11.3. The van der Waals surface area contributed by atoms with Crippen LogP contribution in [0.3, 0.4) is 0 Å². The SMILES string of the molecule is Cc1cccc(NCCCCN(C)C)c1[N+](=O)[O-]. The predicted octanol–water partition coefficient (Wildman–Crippen LogP) is 2.66. The second-order valence-electron chi connectivity index (χ2n) is 4.67. The fraction of sp³-hybridized carbons (Fsp3) is 0.538. The van der Waals surface area contributed by atoms with Crippen molar-refractivity contribution in [3.63, 3.8) is 0 Å². The number of unbranched alkanes of at least 4 members (excludes halogenated alkanes) is 1. The van der Waals surface area contributed by atoms with E-state index in [0.29, 0.717) is 11.3 Å². The lowest BCUT2D eigenvalue weighted by atomic mass is 10.1. The largest absolute Gasteiger partial charge is 0.379 e. The molecule has 0 aliphatic heterocycles. The van der Waals surface area contributed by atoms with E-state index in [-0.39, 0.29) is 10.6 Å². The van der Waals surface area contributed by atoms with E-state index in [2.05, 4.69) is 10.2 Å². The monoisotopic (exact) mass is 251 g/mol. The molecule has 0 fully saturated rings. The van der Waals surface area contributed by atoms with E-state index >= 15 is 0 Å². The molecule has 0 saturated carbocycles. The van der Waals surface area contributed by atoms with Gasteiger partial charge < -0.3 is 10.2 Å². The average Bonchev–Trinajstić information content (AvgIpc) is 2.27. The van der Waals surface area contributed by atoms with Crippen LogP contribution >= 0.6 is 0 Å². The van der Waals surface area contributed by atoms with Crippen LogP contribution in [0.4, 0.5) is 11.4 Å². The van der Waals surface area contributed by atoms with E-state index in [1.165, 1.54) is 0 Å². The van der Waals surface area contributed by atoms with E-state index in [0.717, 1.165) is 25.9 Å². The molecule has 1 aromatic carbocycles. The van der Waals surface area contributed by atoms with Gasteiger partial charge in [0.2, 0.25) is 0 Å². The number of nitro groups is 1. The maximum absolute atomic E-state index is 11.0. The van der Waals surface area contributed by atoms with Crippen molar-refractivity contribution < 1.29 is 4.92 Å². The molecule has 1 aromatic rings. The quantitative estimate of drug-likeness (QED) is 0.460. The molecule has 0 saturated heterocycles. The molecule has 0 atom stereocenters. The zero-order chi connectivity index (χ0) is 13.5. The van der Waals surface area contributed by atoms with Crippen molar-refractivity contribution in [1.82, 2.24) is 4.90 Å². The van der Waals surface area contributed by atoms with Crippen molar-refractivity contribution in [2.45, 2.75) is 19.8 Å². The summed E-state index contributed by atoms with van der Waals surface area (Å²) in [6.45, 7) is 3.56. The normalized spacial score (nSPS) is 10.7. The molecule has 0 unspecified atom stereocenters. The van der Waals surface area contributed by atoms with Gasteiger partial charge in [0, 0.05) is 12.1 Å². The molecule has 0 radical (unpaired) electrons. The van der Waals surface area contributed by atoms with Crippen molar-refractivity contribution in [1.29, 1.82) is 0 Å². The molecule has 1 rings (SSSR count). The molecule has 0 amide bonds. The molecule has 5 heteroatoms. The molecule has 0 aromatic heterocycles. The number of benzene rings is 1. The minimum Gasteiger partial charge on any atom is -0.379 e. The Kier molecular flexibility index (Phi) is 5.58. The van der Waals surface area contributed by atoms with Crippen LogP contribution in [0.25, 0.3) is 0 Å². The number of aryl methyl sites for hydroxylation is 1. The van der Waals surface area contributed by atoms with Crippen LogP contribution < -0.4 is 5.32 Å². The summed E-state index contributed by atoms with van der Waals surface area (Å²) in [6, 6.07) is 5.36. The van der Waals surface area contributed by atoms with Gasteiger partial charge in [-0.3, -0.25) is 10.1 Å². The summed E-state index contributed by atoms with van der Waals surface area (Å²) in [7, 11) is 4.08. The van der Waals surface area contributed by atoms with E-state index in [4.69, 9.17) is 0 Å². The molecule has 0 spiro atoms. The number of nitrogens with one attached hydrogen (secondary N) is 1. The average molecular weight is 251 g/mol. The fourth-order valence-electron chi connectivity index (χ4n) is 1.82. The number of para-hydroxylation sites is 1. The molecule has 0 aliphatic rings. The summed E-state index contributed by atoms with van der Waals surface area (Å²) in [5.74, 6) is 0. The minimum atomic E-state index is -0.322. The third-order valence-corrected chi connectivity index (χ3v) is 2.77. The van der Waals surface area contributed by atoms with Crippen molar-refractivity contribution >= 4 is 11.4 Å². The maximum atomic E-state index is 11.0. The van der Waals surface area contributed by atoms with E-state index < -0.39 is 0 Å². The second kappa shape index (κ2) is 6.96. The van der Waals surface area contributed by atoms with E-state index in [1.807, 2.05) is 20.2 Å². The van der Waals surface area contributed by atoms with Gasteiger partial charge in [-0.1, -0.05) is 12.1 Å². The number of rotatable bonds is 7. The molecule has 18 heavy (non-hydrogen) atoms. The van der Waals surface area contributed by atoms with Crippen LogP contribution in [0.5, 0.6) is 0 Å². The molecule has 0 aliphatic carbocycles. The van der Waals surface area contributed by atoms with Crippen LogP contribution in [-0.2, 0) is 0 Å². The first kappa shape index (κ1) is 14.4. The summed E-state index contributed by atoms with van der Waals surface area (Å²) in [6.07, 6.45) is 2.09. The lowest BCUT2D eigenvalue weighted by molar-refractivity contribution is -0.384. The Hall–Kier alpha value is -1.62. The molecular weight excluding hydrogens is 230 g/mol. The minimum absolute atomic E-state index is 0.185. The second-order valence-corrected chi connectivity index (χ2v) is 4.67. The first-order valence-corrected chi connectivity index (χ1v) is 6.15. The van der Waals surface area contributed by atoms with Gasteiger partial charge in [-0.25, -0.2) is 0 Å². The van der Waals surface area contributed by atoms with Crippen LogP contribution in [-0.4, -0.2) is 37.0 Å². The molecule has 0 bridgehead atoms. The van der Waals surface area contributed by atoms with Crippen molar-refractivity contribution in [3.8, 4) is 0 Å². The van der Waals surface area contributed by atoms with Gasteiger partial charge in [0.25, 0.3) is 5.69 Å². The van der Waals surface area contributed by atoms with Gasteiger partial charge >= 0.3 is 0 Å². The van der Waals surface area contributed by atoms with Gasteiger partial charge in [0.05, 0.1) is 4.92 Å². The Morgan fingerprint density at radius 3 is 2.67 bits per heavy atom. The van der Waals surface area contributed by atoms with Gasteiger partial charge in [-0.15, -0.1) is 0 Å². The van der Waals surface area contributed by atoms with Gasteiger partial charge in [0.15, 0.2) is 0 Å². The van der Waals surface area contributed by atoms with E-state index in [1.54, 1.807) is 19.1 Å². The lowest BCUT2D eigenvalue weighted by Gasteiger charge is -2.10. The van der Waals surface area contributed by atoms with E-state index in [9.17, 15) is 10.1 Å². The third-order valence-electron chi connectivity index (χ3n) is 2.77. The summed E-state index contributed by atoms with van der Waals surface area (Å²) in [5.41, 5.74) is 1.49. The van der Waals surface area contributed by atoms with Crippen LogP contribution in [0.1, 0.15) is 18.4 Å². The summed E-state index contributed by atoms with van der Waals surface area (Å²) >= 11 is 0. The Bertz CT molecular complexity index is 405. The van der Waals surface area contributed by atoms with Gasteiger partial charge in [-0.05, 0) is 46.5 Å². The first-order chi connectivity index (χ1) is 8.52. The molecule has 1 N–H and O–H groups in total. The molecule has 5 nitrogen and oxygen atoms in total. The maximum Gasteiger partial charge on any atom is 0.295 e. The smallest absolute Gasteiger partial charge is 0.295 e. The number of hydrogen-bond donors (Lipinski definition) is 1. The van der Waals surface area contributed by atoms with Crippen LogP contribution in [0.15, 0.2) is 18.2 Å². The highest BCUT2D eigenvalue weighted by atomic mass is 16.6. The van der Waals surface area contributed by atoms with Crippen molar-refractivity contribution in [3.05, 3.63) is 33.9 Å². The number of hydrogen-bond acceptors (Lipinski definition) is 4. The van der Waals surface area contributed by atoms with Gasteiger partial charge in [0.1, 0.15) is 5.69 Å². The number of nitrogens with zero attached hydrogens (tertiary/aromatic N) is 2. The fourth-order valence-corrected chi connectivity index (χ4v) is 1.82. The summed E-state index contributed by atoms with van der Waals surface area (Å²) in [5, 5.41) is 14.1. The van der Waals surface area contributed by atoms with Crippen molar-refractivity contribution in [2.24, 2.45) is 0 Å². The standard InChI is InChI=1S/C13H21N3O2/c1-11-7-6-8-12(13(11)16(17)18)14-9-4-5-10-15(2)3/h6-8,14H,4-5,9-10H2,1-3H3. The molecule has 100 valence electrons. The first-order valence-electron chi connectivity index (χ1n) is 6.15. The Balaban J connectivity index is 2.52. The summed E-state index contributed by atoms with van der Waals surface area (Å²) < 4.78 is 0. The topological polar surface area (TPSA) is 58.4 Å². The zero-order valence-corrected chi connectivity index (χ0v) is 11.3. The molecular formula is C13H21N3O2. The Morgan fingerprint density at radius 1 is 1.33 bits per heavy atom. The van der Waals surface area contributed by atoms with Crippen LogP contribution in [0.2, 0.25) is 0 Å². The highest BCUT2D eigenvalue weighted by molar-refractivity contribution is 5.64. The third kappa shape index (κ3) is 4.33. The highest BCUT2D eigenvalue weighted by Crippen LogP contribution is 2.27. The van der Waals surface area contributed by atoms with Crippen molar-refractivity contribution in [2.75, 3.05) is 32.5 Å². The Labute approximate surface area is 108 Å². The predicted molar refractivity (Wildman–Crippen MR) is 74.1 cm³/mol.